The molecule has 0 unspecified atom stereocenters. The number of nitrogens with one attached hydrogen (secondary N) is 2. The Morgan fingerprint density at radius 1 is 1.00 bits per heavy atom. The number of methoxy groups -OCH3 is 1. The molecule has 1 atom stereocenters. The van der Waals surface area contributed by atoms with Gasteiger partial charge in [-0.3, -0.25) is 4.79 Å². The van der Waals surface area contributed by atoms with E-state index in [0.29, 0.717) is 18.7 Å². The van der Waals surface area contributed by atoms with Gasteiger partial charge in [-0.15, -0.1) is 0 Å². The minimum absolute atomic E-state index is 0.0851. The van der Waals surface area contributed by atoms with Crippen LogP contribution in [-0.4, -0.2) is 37.0 Å². The van der Waals surface area contributed by atoms with E-state index in [1.807, 2.05) is 83.8 Å². The molecule has 3 aromatic rings. The van der Waals surface area contributed by atoms with Crippen molar-refractivity contribution in [2.75, 3.05) is 25.5 Å². The zero-order valence-corrected chi connectivity index (χ0v) is 18.8. The molecule has 0 bridgehead atoms. The van der Waals surface area contributed by atoms with Gasteiger partial charge in [-0.2, -0.15) is 0 Å². The highest BCUT2D eigenvalue weighted by atomic mass is 16.5. The van der Waals surface area contributed by atoms with Gasteiger partial charge in [0, 0.05) is 36.8 Å². The third-order valence-corrected chi connectivity index (χ3v) is 5.94. The lowest BCUT2D eigenvalue weighted by atomic mass is 9.89. The predicted octanol–water partition coefficient (Wildman–Crippen LogP) is 5.04. The minimum Gasteiger partial charge on any atom is -0.497 e. The van der Waals surface area contributed by atoms with Crippen LogP contribution in [0.15, 0.2) is 78.9 Å². The van der Waals surface area contributed by atoms with E-state index < -0.39 is 0 Å². The molecule has 0 spiro atoms. The van der Waals surface area contributed by atoms with Gasteiger partial charge in [-0.1, -0.05) is 42.5 Å². The van der Waals surface area contributed by atoms with Gasteiger partial charge in [0.2, 0.25) is 0 Å². The normalized spacial score (nSPS) is 15.5. The summed E-state index contributed by atoms with van der Waals surface area (Å²) in [5.41, 5.74) is 3.48. The summed E-state index contributed by atoms with van der Waals surface area (Å²) < 4.78 is 5.24. The van der Waals surface area contributed by atoms with Gasteiger partial charge in [-0.05, 0) is 60.4 Å². The number of benzene rings is 3. The predicted molar refractivity (Wildman–Crippen MR) is 130 cm³/mol. The number of piperidine rings is 1. The maximum Gasteiger partial charge on any atom is 0.321 e. The molecule has 0 saturated carbocycles. The summed E-state index contributed by atoms with van der Waals surface area (Å²) in [5.74, 6) is 0.850. The molecule has 1 aliphatic rings. The molecular weight excluding hydrogens is 414 g/mol. The largest absolute Gasteiger partial charge is 0.497 e. The molecule has 4 rings (SSSR count). The number of anilines is 1. The average Bonchev–Trinajstić information content (AvgIpc) is 2.88. The summed E-state index contributed by atoms with van der Waals surface area (Å²) in [5, 5.41) is 5.95. The van der Waals surface area contributed by atoms with E-state index in [2.05, 4.69) is 10.6 Å². The average molecular weight is 444 g/mol. The topological polar surface area (TPSA) is 70.7 Å². The second-order valence-electron chi connectivity index (χ2n) is 8.24. The van der Waals surface area contributed by atoms with Gasteiger partial charge >= 0.3 is 6.03 Å². The smallest absolute Gasteiger partial charge is 0.321 e. The van der Waals surface area contributed by atoms with Crippen molar-refractivity contribution in [3.05, 3.63) is 95.6 Å². The van der Waals surface area contributed by atoms with Crippen LogP contribution < -0.4 is 15.4 Å². The van der Waals surface area contributed by atoms with Crippen LogP contribution in [0.1, 0.15) is 40.2 Å². The van der Waals surface area contributed by atoms with E-state index in [-0.39, 0.29) is 17.9 Å². The van der Waals surface area contributed by atoms with E-state index in [0.717, 1.165) is 42.0 Å². The van der Waals surface area contributed by atoms with Gasteiger partial charge in [-0.25, -0.2) is 4.79 Å². The Hall–Kier alpha value is -3.80. The summed E-state index contributed by atoms with van der Waals surface area (Å²) in [6.45, 7) is 1.79. The van der Waals surface area contributed by atoms with Crippen LogP contribution in [0.2, 0.25) is 0 Å². The van der Waals surface area contributed by atoms with Crippen molar-refractivity contribution in [3.63, 3.8) is 0 Å². The summed E-state index contributed by atoms with van der Waals surface area (Å²) >= 11 is 0. The van der Waals surface area contributed by atoms with E-state index in [1.165, 1.54) is 0 Å². The Morgan fingerprint density at radius 3 is 2.64 bits per heavy atom. The number of ether oxygens (including phenoxy) is 1. The maximum absolute atomic E-state index is 12.8. The Morgan fingerprint density at radius 2 is 1.82 bits per heavy atom. The molecule has 170 valence electrons. The van der Waals surface area contributed by atoms with Crippen LogP contribution in [0.4, 0.5) is 10.5 Å². The number of hydrogen-bond donors (Lipinski definition) is 2. The molecule has 6 heteroatoms. The number of rotatable bonds is 6. The van der Waals surface area contributed by atoms with Crippen LogP contribution >= 0.6 is 0 Å². The molecule has 1 fully saturated rings. The van der Waals surface area contributed by atoms with Crippen molar-refractivity contribution in [1.29, 1.82) is 0 Å². The highest BCUT2D eigenvalue weighted by molar-refractivity contribution is 5.94. The Kier molecular flexibility index (Phi) is 7.25. The van der Waals surface area contributed by atoms with Crippen LogP contribution in [0.25, 0.3) is 0 Å². The highest BCUT2D eigenvalue weighted by Gasteiger charge is 2.25. The van der Waals surface area contributed by atoms with Crippen LogP contribution in [0.5, 0.6) is 5.75 Å². The lowest BCUT2D eigenvalue weighted by Crippen LogP contribution is -2.41. The highest BCUT2D eigenvalue weighted by Crippen LogP contribution is 2.28. The zero-order chi connectivity index (χ0) is 23.0. The molecule has 1 heterocycles. The minimum atomic E-state index is -0.117. The maximum atomic E-state index is 12.8. The summed E-state index contributed by atoms with van der Waals surface area (Å²) in [6, 6.07) is 24.8. The molecule has 1 aliphatic heterocycles. The Balaban J connectivity index is 1.38. The van der Waals surface area contributed by atoms with E-state index >= 15 is 0 Å². The summed E-state index contributed by atoms with van der Waals surface area (Å²) in [7, 11) is 1.63. The number of hydrogen-bond acceptors (Lipinski definition) is 3. The second kappa shape index (κ2) is 10.7. The van der Waals surface area contributed by atoms with Gasteiger partial charge in [0.1, 0.15) is 5.75 Å². The third kappa shape index (κ3) is 5.92. The van der Waals surface area contributed by atoms with Gasteiger partial charge in [0.15, 0.2) is 0 Å². The lowest BCUT2D eigenvalue weighted by molar-refractivity contribution is 0.0950. The van der Waals surface area contributed by atoms with Crippen molar-refractivity contribution < 1.29 is 14.3 Å². The molecule has 33 heavy (non-hydrogen) atoms. The first-order valence-electron chi connectivity index (χ1n) is 11.2. The number of carbonyl (C=O) groups excluding carboxylic acids is 2. The molecule has 1 saturated heterocycles. The fourth-order valence-corrected chi connectivity index (χ4v) is 4.16. The molecule has 3 aromatic carbocycles. The van der Waals surface area contributed by atoms with Gasteiger partial charge < -0.3 is 20.3 Å². The molecule has 0 radical (unpaired) electrons. The fourth-order valence-electron chi connectivity index (χ4n) is 4.16. The van der Waals surface area contributed by atoms with Crippen molar-refractivity contribution in [1.82, 2.24) is 10.2 Å². The molecular formula is C27H29N3O3. The lowest BCUT2D eigenvalue weighted by Gasteiger charge is -2.33. The second-order valence-corrected chi connectivity index (χ2v) is 8.24. The Labute approximate surface area is 194 Å². The number of carbonyl (C=O) groups is 2. The molecule has 0 aliphatic carbocycles. The quantitative estimate of drug-likeness (QED) is 0.561. The summed E-state index contributed by atoms with van der Waals surface area (Å²) in [4.78, 5) is 27.4. The van der Waals surface area contributed by atoms with Crippen molar-refractivity contribution in [2.45, 2.75) is 25.3 Å². The van der Waals surface area contributed by atoms with Crippen LogP contribution in [-0.2, 0) is 6.54 Å². The van der Waals surface area contributed by atoms with Crippen LogP contribution in [0, 0.1) is 0 Å². The number of nitrogens with zero attached hydrogens (tertiary/aromatic N) is 1. The summed E-state index contributed by atoms with van der Waals surface area (Å²) in [6.07, 6.45) is 1.92. The first-order valence-corrected chi connectivity index (χ1v) is 11.2. The van der Waals surface area contributed by atoms with Crippen LogP contribution in [0.3, 0.4) is 0 Å². The number of para-hydroxylation sites is 1. The van der Waals surface area contributed by atoms with Crippen molar-refractivity contribution in [3.8, 4) is 5.75 Å². The molecule has 3 amide bonds. The number of urea groups is 1. The first kappa shape index (κ1) is 22.4. The Bertz CT molecular complexity index is 1100. The molecule has 6 nitrogen and oxygen atoms in total. The van der Waals surface area contributed by atoms with Gasteiger partial charge in [0.05, 0.1) is 7.11 Å². The van der Waals surface area contributed by atoms with E-state index in [4.69, 9.17) is 4.74 Å². The molecule has 0 aromatic heterocycles. The van der Waals surface area contributed by atoms with E-state index in [9.17, 15) is 9.59 Å². The standard InChI is InChI=1S/C27H29N3O3/c1-33-25-14-5-8-20(16-25)18-28-26(31)22-10-6-9-21(17-22)23-11-7-15-30(19-23)27(32)29-24-12-3-2-4-13-24/h2-6,8-10,12-14,16-17,23H,7,11,15,18-19H2,1H3,(H,28,31)(H,29,32)/t23-/m1/s1. The zero-order valence-electron chi connectivity index (χ0n) is 18.8. The van der Waals surface area contributed by atoms with Crippen molar-refractivity contribution >= 4 is 17.6 Å². The van der Waals surface area contributed by atoms with Crippen molar-refractivity contribution in [2.24, 2.45) is 0 Å². The third-order valence-electron chi connectivity index (χ3n) is 5.94. The molecule has 2 N–H and O–H groups in total. The van der Waals surface area contributed by atoms with Gasteiger partial charge in [0.25, 0.3) is 5.91 Å². The first-order chi connectivity index (χ1) is 16.1. The van der Waals surface area contributed by atoms with E-state index in [1.54, 1.807) is 7.11 Å². The number of likely N-dealkylation sites (tertiary alicyclic amines) is 1. The number of amides is 3. The fraction of sp³-hybridized carbons (Fsp3) is 0.259. The SMILES string of the molecule is COc1cccc(CNC(=O)c2cccc([C@@H]3CCCN(C(=O)Nc4ccccc4)C3)c2)c1. The monoisotopic (exact) mass is 443 g/mol.